The number of hydrogen-bond donors (Lipinski definition) is 1. The van der Waals surface area contributed by atoms with E-state index in [0.29, 0.717) is 13.0 Å². The molecule has 1 aliphatic rings. The number of thioether (sulfide) groups is 1. The standard InChI is InChI=1S/C19H20N2O3S.ClH/c1-2-13-3-6-15(20-12-13)9-10-24-16-7-4-14(5-8-16)11-17-18(22)25-19(23)21-17;/h3-8,12,17H,2,9-11H2,1H3,(H,21,23);1H. The molecule has 0 saturated carbocycles. The van der Waals surface area contributed by atoms with Crippen molar-refractivity contribution in [2.45, 2.75) is 32.2 Å². The second-order valence-corrected chi connectivity index (χ2v) is 6.84. The third kappa shape index (κ3) is 5.47. The molecular weight excluding hydrogens is 372 g/mol. The minimum atomic E-state index is -0.429. The van der Waals surface area contributed by atoms with Crippen molar-refractivity contribution in [3.05, 3.63) is 59.4 Å². The minimum Gasteiger partial charge on any atom is -0.493 e. The van der Waals surface area contributed by atoms with Gasteiger partial charge in [0.1, 0.15) is 11.8 Å². The fraction of sp³-hybridized carbons (Fsp3) is 0.316. The van der Waals surface area contributed by atoms with E-state index in [1.807, 2.05) is 36.5 Å². The molecule has 1 saturated heterocycles. The lowest BCUT2D eigenvalue weighted by Gasteiger charge is -2.10. The Morgan fingerprint density at radius 2 is 1.85 bits per heavy atom. The van der Waals surface area contributed by atoms with Crippen LogP contribution in [0.1, 0.15) is 23.7 Å². The average Bonchev–Trinajstić information content (AvgIpc) is 2.94. The van der Waals surface area contributed by atoms with Crippen LogP contribution in [0.25, 0.3) is 0 Å². The van der Waals surface area contributed by atoms with Crippen LogP contribution in [0.2, 0.25) is 0 Å². The van der Waals surface area contributed by atoms with E-state index in [1.54, 1.807) is 0 Å². The van der Waals surface area contributed by atoms with Gasteiger partial charge >= 0.3 is 0 Å². The van der Waals surface area contributed by atoms with Crippen molar-refractivity contribution >= 4 is 34.5 Å². The van der Waals surface area contributed by atoms with Gasteiger partial charge in [-0.05, 0) is 35.7 Å². The van der Waals surface area contributed by atoms with E-state index in [4.69, 9.17) is 4.74 Å². The van der Waals surface area contributed by atoms with E-state index < -0.39 is 6.04 Å². The molecule has 2 aromatic rings. The third-order valence-corrected chi connectivity index (χ3v) is 4.84. The Labute approximate surface area is 163 Å². The van der Waals surface area contributed by atoms with E-state index >= 15 is 0 Å². The summed E-state index contributed by atoms with van der Waals surface area (Å²) in [6, 6.07) is 11.3. The van der Waals surface area contributed by atoms with Crippen molar-refractivity contribution in [2.75, 3.05) is 6.61 Å². The van der Waals surface area contributed by atoms with Gasteiger partial charge in [0.05, 0.1) is 6.61 Å². The maximum Gasteiger partial charge on any atom is 0.287 e. The van der Waals surface area contributed by atoms with E-state index in [2.05, 4.69) is 23.3 Å². The lowest BCUT2D eigenvalue weighted by atomic mass is 10.1. The molecule has 1 atom stereocenters. The number of aryl methyl sites for hydroxylation is 1. The molecule has 138 valence electrons. The zero-order valence-electron chi connectivity index (χ0n) is 14.4. The van der Waals surface area contributed by atoms with Crippen LogP contribution in [-0.2, 0) is 24.1 Å². The van der Waals surface area contributed by atoms with Crippen LogP contribution >= 0.6 is 24.2 Å². The molecule has 26 heavy (non-hydrogen) atoms. The minimum absolute atomic E-state index is 0. The Kier molecular flexibility index (Phi) is 7.48. The summed E-state index contributed by atoms with van der Waals surface area (Å²) in [6.07, 6.45) is 4.16. The first-order valence-electron chi connectivity index (χ1n) is 8.32. The highest BCUT2D eigenvalue weighted by Crippen LogP contribution is 2.20. The predicted octanol–water partition coefficient (Wildman–Crippen LogP) is 3.58. The zero-order chi connectivity index (χ0) is 17.6. The summed E-state index contributed by atoms with van der Waals surface area (Å²) in [7, 11) is 0. The number of carbonyl (C=O) groups is 2. The van der Waals surface area contributed by atoms with Gasteiger partial charge in [0.25, 0.3) is 5.24 Å². The summed E-state index contributed by atoms with van der Waals surface area (Å²) in [6.45, 7) is 2.67. The van der Waals surface area contributed by atoms with Gasteiger partial charge in [-0.15, -0.1) is 12.4 Å². The molecule has 0 aliphatic carbocycles. The number of benzene rings is 1. The number of nitrogens with one attached hydrogen (secondary N) is 1. The fourth-order valence-electron chi connectivity index (χ4n) is 2.57. The van der Waals surface area contributed by atoms with Crippen molar-refractivity contribution in [2.24, 2.45) is 0 Å². The number of hydrogen-bond acceptors (Lipinski definition) is 5. The fourth-order valence-corrected chi connectivity index (χ4v) is 3.24. The summed E-state index contributed by atoms with van der Waals surface area (Å²) in [4.78, 5) is 27.2. The van der Waals surface area contributed by atoms with E-state index in [9.17, 15) is 9.59 Å². The predicted molar refractivity (Wildman–Crippen MR) is 105 cm³/mol. The Hall–Kier alpha value is -2.05. The molecule has 0 spiro atoms. The smallest absolute Gasteiger partial charge is 0.287 e. The molecular formula is C19H21ClN2O3S. The number of halogens is 1. The van der Waals surface area contributed by atoms with Crippen LogP contribution in [0.4, 0.5) is 4.79 Å². The molecule has 0 radical (unpaired) electrons. The van der Waals surface area contributed by atoms with Gasteiger partial charge in [-0.1, -0.05) is 25.1 Å². The van der Waals surface area contributed by atoms with Gasteiger partial charge in [0, 0.05) is 36.5 Å². The number of rotatable bonds is 7. The van der Waals surface area contributed by atoms with Gasteiger partial charge in [-0.2, -0.15) is 0 Å². The largest absolute Gasteiger partial charge is 0.493 e. The summed E-state index contributed by atoms with van der Waals surface area (Å²) in [5, 5.41) is 2.28. The molecule has 7 heteroatoms. The quantitative estimate of drug-likeness (QED) is 0.779. The monoisotopic (exact) mass is 392 g/mol. The molecule has 0 bridgehead atoms. The number of ether oxygens (including phenoxy) is 1. The van der Waals surface area contributed by atoms with Crippen molar-refractivity contribution in [1.29, 1.82) is 0 Å². The second-order valence-electron chi connectivity index (χ2n) is 5.86. The van der Waals surface area contributed by atoms with Crippen LogP contribution in [0.5, 0.6) is 5.75 Å². The first-order valence-corrected chi connectivity index (χ1v) is 9.13. The third-order valence-electron chi connectivity index (χ3n) is 4.05. The van der Waals surface area contributed by atoms with Crippen molar-refractivity contribution in [3.8, 4) is 5.75 Å². The lowest BCUT2D eigenvalue weighted by molar-refractivity contribution is -0.112. The molecule has 5 nitrogen and oxygen atoms in total. The Balaban J connectivity index is 0.00000243. The number of nitrogens with zero attached hydrogens (tertiary/aromatic N) is 1. The highest BCUT2D eigenvalue weighted by molar-refractivity contribution is 8.26. The maximum atomic E-state index is 11.6. The molecule has 1 fully saturated rings. The highest BCUT2D eigenvalue weighted by Gasteiger charge is 2.31. The Morgan fingerprint density at radius 1 is 1.12 bits per heavy atom. The average molecular weight is 393 g/mol. The van der Waals surface area contributed by atoms with Crippen LogP contribution < -0.4 is 10.1 Å². The summed E-state index contributed by atoms with van der Waals surface area (Å²) in [5.74, 6) is 0.782. The SMILES string of the molecule is CCc1ccc(CCOc2ccc(CC3NC(=O)SC3=O)cc2)nc1.Cl. The molecule has 1 aliphatic heterocycles. The molecule has 2 heterocycles. The maximum absolute atomic E-state index is 11.6. The van der Waals surface area contributed by atoms with Gasteiger partial charge in [-0.3, -0.25) is 14.6 Å². The highest BCUT2D eigenvalue weighted by atomic mass is 35.5. The molecule has 1 unspecified atom stereocenters. The number of carbonyl (C=O) groups excluding carboxylic acids is 2. The van der Waals surface area contributed by atoms with Gasteiger partial charge in [0.15, 0.2) is 0 Å². The second kappa shape index (κ2) is 9.59. The summed E-state index contributed by atoms with van der Waals surface area (Å²) < 4.78 is 5.75. The zero-order valence-corrected chi connectivity index (χ0v) is 16.1. The van der Waals surface area contributed by atoms with Gasteiger partial charge in [-0.25, -0.2) is 0 Å². The normalized spacial score (nSPS) is 16.1. The van der Waals surface area contributed by atoms with Gasteiger partial charge < -0.3 is 10.1 Å². The van der Waals surface area contributed by atoms with Crippen LogP contribution in [0, 0.1) is 0 Å². The van der Waals surface area contributed by atoms with Crippen LogP contribution in [-0.4, -0.2) is 28.0 Å². The van der Waals surface area contributed by atoms with E-state index in [1.165, 1.54) is 5.56 Å². The van der Waals surface area contributed by atoms with Crippen molar-refractivity contribution < 1.29 is 14.3 Å². The van der Waals surface area contributed by atoms with E-state index in [0.717, 1.165) is 41.6 Å². The molecule has 3 rings (SSSR count). The number of amides is 1. The molecule has 1 amide bonds. The van der Waals surface area contributed by atoms with Gasteiger partial charge in [0.2, 0.25) is 5.12 Å². The summed E-state index contributed by atoms with van der Waals surface area (Å²) in [5.41, 5.74) is 3.24. The number of aromatic nitrogens is 1. The molecule has 1 aromatic heterocycles. The van der Waals surface area contributed by atoms with E-state index in [-0.39, 0.29) is 22.8 Å². The van der Waals surface area contributed by atoms with Crippen LogP contribution in [0.15, 0.2) is 42.6 Å². The van der Waals surface area contributed by atoms with Crippen molar-refractivity contribution in [3.63, 3.8) is 0 Å². The first-order chi connectivity index (χ1) is 12.1. The first kappa shape index (κ1) is 20.3. The van der Waals surface area contributed by atoms with Crippen LogP contribution in [0.3, 0.4) is 0 Å². The molecule has 1 aromatic carbocycles. The lowest BCUT2D eigenvalue weighted by Crippen LogP contribution is -2.30. The summed E-state index contributed by atoms with van der Waals surface area (Å²) >= 11 is 0.743. The number of pyridine rings is 1. The van der Waals surface area contributed by atoms with Crippen molar-refractivity contribution in [1.82, 2.24) is 10.3 Å². The Morgan fingerprint density at radius 3 is 2.42 bits per heavy atom. The molecule has 1 N–H and O–H groups in total. The topological polar surface area (TPSA) is 68.3 Å². The Bertz CT molecular complexity index is 750.